The van der Waals surface area contributed by atoms with Gasteiger partial charge in [0.15, 0.2) is 24.1 Å². The van der Waals surface area contributed by atoms with Crippen molar-refractivity contribution in [2.75, 3.05) is 5.75 Å². The lowest BCUT2D eigenvalue weighted by Crippen LogP contribution is -2.34. The number of aryl methyl sites for hydroxylation is 1. The van der Waals surface area contributed by atoms with Crippen LogP contribution in [0.1, 0.15) is 12.5 Å². The van der Waals surface area contributed by atoms with Crippen LogP contribution < -0.4 is 4.57 Å². The monoisotopic (exact) mass is 327 g/mol. The highest BCUT2D eigenvalue weighted by Gasteiger charge is 2.13. The summed E-state index contributed by atoms with van der Waals surface area (Å²) in [7, 11) is -4.08. The molecule has 19 heavy (non-hydrogen) atoms. The number of carbonyl (C=O) groups is 1. The van der Waals surface area contributed by atoms with Crippen molar-refractivity contribution in [1.29, 1.82) is 0 Å². The van der Waals surface area contributed by atoms with E-state index in [0.717, 1.165) is 0 Å². The van der Waals surface area contributed by atoms with Crippen molar-refractivity contribution in [1.82, 2.24) is 0 Å². The highest BCUT2D eigenvalue weighted by Crippen LogP contribution is 2.15. The van der Waals surface area contributed by atoms with Crippen LogP contribution in [0, 0.1) is 0 Å². The molecule has 9 heteroatoms. The minimum absolute atomic E-state index is 0. The molecule has 0 unspecified atom stereocenters. The Bertz CT molecular complexity index is 547. The average Bonchev–Trinajstić information content (AvgIpc) is 2.19. The van der Waals surface area contributed by atoms with E-state index in [2.05, 4.69) is 0 Å². The first-order valence-corrected chi connectivity index (χ1v) is 8.01. The van der Waals surface area contributed by atoms with Gasteiger partial charge in [0.2, 0.25) is 0 Å². The summed E-state index contributed by atoms with van der Waals surface area (Å²) in [4.78, 5) is 10.7. The lowest BCUT2D eigenvalue weighted by Gasteiger charge is -2.01. The van der Waals surface area contributed by atoms with Gasteiger partial charge >= 0.3 is 0 Å². The van der Waals surface area contributed by atoms with Crippen molar-refractivity contribution in [2.45, 2.75) is 19.2 Å². The van der Waals surface area contributed by atoms with Crippen molar-refractivity contribution in [3.8, 4) is 0 Å². The number of hydrogen-bond acceptors (Lipinski definition) is 5. The number of rotatable bonds is 5. The maximum Gasteiger partial charge on any atom is 0.269 e. The molecule has 1 rings (SSSR count). The van der Waals surface area contributed by atoms with Gasteiger partial charge in [0.1, 0.15) is 10.8 Å². The minimum Gasteiger partial charge on any atom is -0.870 e. The standard InChI is InChI=1S/C10H12ClNO4S2.H2O/c1-8(13)17-5-4-12-3-2-9(10(11)6-12)7-18(14,15)16;/h2-3,6H,4-5,7H2,1H3;1H2. The highest BCUT2D eigenvalue weighted by molar-refractivity contribution is 8.13. The first-order valence-electron chi connectivity index (χ1n) is 5.04. The third kappa shape index (κ3) is 7.48. The van der Waals surface area contributed by atoms with Crippen molar-refractivity contribution < 1.29 is 27.8 Å². The summed E-state index contributed by atoms with van der Waals surface area (Å²) in [6, 6.07) is 1.54. The second kappa shape index (κ2) is 7.81. The fourth-order valence-corrected chi connectivity index (χ4v) is 2.85. The second-order valence-electron chi connectivity index (χ2n) is 3.62. The predicted molar refractivity (Wildman–Crippen MR) is 72.0 cm³/mol. The van der Waals surface area contributed by atoms with E-state index in [4.69, 9.17) is 16.2 Å². The average molecular weight is 328 g/mol. The number of pyridine rings is 1. The van der Waals surface area contributed by atoms with Crippen LogP contribution in [0.5, 0.6) is 0 Å². The largest absolute Gasteiger partial charge is 0.870 e. The number of aromatic nitrogens is 1. The van der Waals surface area contributed by atoms with Gasteiger partial charge in [-0.05, 0) is 0 Å². The van der Waals surface area contributed by atoms with Gasteiger partial charge in [-0.25, -0.2) is 4.57 Å². The van der Waals surface area contributed by atoms with Crippen LogP contribution in [-0.2, 0) is 27.2 Å². The number of carbonyl (C=O) groups excluding carboxylic acids is 1. The fraction of sp³-hybridized carbons (Fsp3) is 0.400. The topological polar surface area (TPSA) is 105 Å². The number of halogens is 1. The second-order valence-corrected chi connectivity index (χ2v) is 6.75. The first-order chi connectivity index (χ1) is 8.28. The maximum absolute atomic E-state index is 10.7. The Balaban J connectivity index is 0.00000324. The van der Waals surface area contributed by atoms with Crippen molar-refractivity contribution in [2.24, 2.45) is 0 Å². The Morgan fingerprint density at radius 2 is 2.16 bits per heavy atom. The number of hydrogen-bond donors (Lipinski definition) is 1. The minimum atomic E-state index is -4.08. The SMILES string of the molecule is CC(=O)SCC[n+]1ccc(CS(=O)(=O)O)c(Cl)c1.[OH-]. The lowest BCUT2D eigenvalue weighted by atomic mass is 10.3. The molecule has 0 radical (unpaired) electrons. The zero-order chi connectivity index (χ0) is 13.8. The summed E-state index contributed by atoms with van der Waals surface area (Å²) in [5.41, 5.74) is 0.342. The van der Waals surface area contributed by atoms with Gasteiger partial charge in [-0.1, -0.05) is 23.4 Å². The molecule has 2 N–H and O–H groups in total. The normalized spacial score (nSPS) is 10.9. The van der Waals surface area contributed by atoms with Crippen LogP contribution in [0.4, 0.5) is 0 Å². The molecular formula is C10H14ClNO5S2. The molecule has 0 saturated carbocycles. The van der Waals surface area contributed by atoms with E-state index >= 15 is 0 Å². The Labute approximate surface area is 120 Å². The molecule has 0 spiro atoms. The molecule has 1 heterocycles. The quantitative estimate of drug-likeness (QED) is 0.641. The Hall–Kier alpha value is -0.670. The third-order valence-electron chi connectivity index (χ3n) is 2.05. The molecule has 0 bridgehead atoms. The molecular weight excluding hydrogens is 314 g/mol. The molecule has 0 aliphatic rings. The Kier molecular flexibility index (Phi) is 7.53. The summed E-state index contributed by atoms with van der Waals surface area (Å²) in [6.45, 7) is 2.09. The van der Waals surface area contributed by atoms with E-state index in [-0.39, 0.29) is 15.6 Å². The molecule has 6 nitrogen and oxygen atoms in total. The highest BCUT2D eigenvalue weighted by atomic mass is 35.5. The molecule has 0 amide bonds. The molecule has 1 aromatic rings. The first kappa shape index (κ1) is 18.3. The summed E-state index contributed by atoms with van der Waals surface area (Å²) in [6.07, 6.45) is 3.23. The summed E-state index contributed by atoms with van der Waals surface area (Å²) >= 11 is 7.11. The van der Waals surface area contributed by atoms with Crippen molar-refractivity contribution in [3.05, 3.63) is 29.0 Å². The van der Waals surface area contributed by atoms with Gasteiger partial charge in [-0.2, -0.15) is 8.42 Å². The number of nitrogens with zero attached hydrogens (tertiary/aromatic N) is 1. The van der Waals surface area contributed by atoms with E-state index in [1.165, 1.54) is 24.8 Å². The van der Waals surface area contributed by atoms with Gasteiger partial charge in [0, 0.05) is 18.6 Å². The molecule has 0 saturated heterocycles. The number of thioether (sulfide) groups is 1. The van der Waals surface area contributed by atoms with Crippen LogP contribution in [-0.4, -0.2) is 29.3 Å². The van der Waals surface area contributed by atoms with E-state index in [0.29, 0.717) is 17.9 Å². The zero-order valence-electron chi connectivity index (χ0n) is 10.1. The van der Waals surface area contributed by atoms with Crippen molar-refractivity contribution in [3.63, 3.8) is 0 Å². The van der Waals surface area contributed by atoms with Crippen LogP contribution in [0.15, 0.2) is 18.5 Å². The van der Waals surface area contributed by atoms with Crippen LogP contribution >= 0.6 is 23.4 Å². The molecule has 0 aliphatic carbocycles. The van der Waals surface area contributed by atoms with Gasteiger partial charge in [-0.3, -0.25) is 9.35 Å². The van der Waals surface area contributed by atoms with E-state index in [9.17, 15) is 13.2 Å². The maximum atomic E-state index is 10.7. The van der Waals surface area contributed by atoms with Crippen LogP contribution in [0.25, 0.3) is 0 Å². The van der Waals surface area contributed by atoms with Gasteiger partial charge in [-0.15, -0.1) is 0 Å². The summed E-state index contributed by atoms with van der Waals surface area (Å²) in [5, 5.41) is 0.313. The Morgan fingerprint density at radius 3 is 2.63 bits per heavy atom. The molecule has 0 aromatic carbocycles. The van der Waals surface area contributed by atoms with E-state index in [1.54, 1.807) is 17.0 Å². The van der Waals surface area contributed by atoms with E-state index in [1.807, 2.05) is 0 Å². The molecule has 0 atom stereocenters. The smallest absolute Gasteiger partial charge is 0.269 e. The zero-order valence-corrected chi connectivity index (χ0v) is 12.5. The van der Waals surface area contributed by atoms with Gasteiger partial charge in [0.25, 0.3) is 10.1 Å². The molecule has 108 valence electrons. The van der Waals surface area contributed by atoms with Crippen LogP contribution in [0.2, 0.25) is 5.02 Å². The predicted octanol–water partition coefficient (Wildman–Crippen LogP) is 1.12. The third-order valence-corrected chi connectivity index (χ3v) is 3.86. The molecule has 1 aromatic heterocycles. The molecule has 0 aliphatic heterocycles. The fourth-order valence-electron chi connectivity index (χ4n) is 1.28. The van der Waals surface area contributed by atoms with Gasteiger partial charge in [0.05, 0.1) is 5.75 Å². The lowest BCUT2D eigenvalue weighted by molar-refractivity contribution is -0.692. The van der Waals surface area contributed by atoms with Crippen LogP contribution in [0.3, 0.4) is 0 Å². The van der Waals surface area contributed by atoms with Gasteiger partial charge < -0.3 is 5.48 Å². The van der Waals surface area contributed by atoms with Crippen molar-refractivity contribution >= 4 is 38.6 Å². The summed E-state index contributed by atoms with van der Waals surface area (Å²) in [5.74, 6) is 0.114. The Morgan fingerprint density at radius 1 is 1.53 bits per heavy atom. The van der Waals surface area contributed by atoms with E-state index < -0.39 is 15.9 Å². The summed E-state index contributed by atoms with van der Waals surface area (Å²) < 4.78 is 32.0. The molecule has 0 fully saturated rings.